The minimum absolute atomic E-state index is 0.0394. The Morgan fingerprint density at radius 2 is 2.00 bits per heavy atom. The maximum absolute atomic E-state index is 11.7. The lowest BCUT2D eigenvalue weighted by Crippen LogP contribution is -2.00. The van der Waals surface area contributed by atoms with E-state index in [9.17, 15) is 14.9 Å². The number of ether oxygens (including phenoxy) is 2. The van der Waals surface area contributed by atoms with Gasteiger partial charge >= 0.3 is 5.97 Å². The second kappa shape index (κ2) is 8.72. The molecule has 0 saturated carbocycles. The normalized spacial score (nSPS) is 10.7. The van der Waals surface area contributed by atoms with E-state index in [1.54, 1.807) is 54.2 Å². The molecule has 0 spiro atoms. The van der Waals surface area contributed by atoms with Crippen LogP contribution in [0.25, 0.3) is 6.08 Å². The second-order valence-electron chi connectivity index (χ2n) is 5.35. The predicted octanol–water partition coefficient (Wildman–Crippen LogP) is 4.60. The molecule has 0 unspecified atom stereocenters. The fourth-order valence-electron chi connectivity index (χ4n) is 2.11. The number of non-ortho nitro benzene ring substituents is 1. The maximum atomic E-state index is 11.7. The van der Waals surface area contributed by atoms with Crippen molar-refractivity contribution >= 4 is 29.1 Å². The van der Waals surface area contributed by atoms with Crippen molar-refractivity contribution in [3.8, 4) is 11.5 Å². The van der Waals surface area contributed by atoms with Crippen molar-refractivity contribution < 1.29 is 19.2 Å². The molecular formula is C19H14N2O5S. The van der Waals surface area contributed by atoms with Gasteiger partial charge in [-0.2, -0.15) is 0 Å². The van der Waals surface area contributed by atoms with Gasteiger partial charge in [-0.3, -0.25) is 15.1 Å². The first-order valence-corrected chi connectivity index (χ1v) is 8.73. The molecule has 0 fully saturated rings. The number of carbonyl (C=O) groups excluding carboxylic acids is 1. The van der Waals surface area contributed by atoms with Gasteiger partial charge < -0.3 is 9.47 Å². The van der Waals surface area contributed by atoms with Crippen LogP contribution in [0, 0.1) is 10.1 Å². The Hall–Kier alpha value is -3.52. The third-order valence-electron chi connectivity index (χ3n) is 3.40. The fraction of sp³-hybridized carbons (Fsp3) is 0.0526. The maximum Gasteiger partial charge on any atom is 0.331 e. The third kappa shape index (κ3) is 5.48. The molecule has 1 heterocycles. The van der Waals surface area contributed by atoms with Crippen LogP contribution in [0.2, 0.25) is 0 Å². The van der Waals surface area contributed by atoms with Crippen molar-refractivity contribution in [2.45, 2.75) is 6.61 Å². The third-order valence-corrected chi connectivity index (χ3v) is 4.14. The lowest BCUT2D eigenvalue weighted by Gasteiger charge is -2.07. The van der Waals surface area contributed by atoms with Crippen molar-refractivity contribution in [1.82, 2.24) is 4.98 Å². The second-order valence-corrected chi connectivity index (χ2v) is 6.26. The average Bonchev–Trinajstić information content (AvgIpc) is 3.20. The molecule has 0 aliphatic rings. The van der Waals surface area contributed by atoms with Crippen LogP contribution in [0.5, 0.6) is 11.5 Å². The molecule has 0 saturated heterocycles. The van der Waals surface area contributed by atoms with E-state index in [2.05, 4.69) is 4.98 Å². The highest BCUT2D eigenvalue weighted by Gasteiger charge is 2.07. The molecule has 0 N–H and O–H groups in total. The van der Waals surface area contributed by atoms with Gasteiger partial charge in [0.05, 0.1) is 16.5 Å². The number of nitrogens with zero attached hydrogens (tertiary/aromatic N) is 2. The van der Waals surface area contributed by atoms with E-state index in [0.717, 1.165) is 10.4 Å². The molecule has 0 aliphatic carbocycles. The summed E-state index contributed by atoms with van der Waals surface area (Å²) in [5, 5.41) is 10.8. The molecule has 3 rings (SSSR count). The lowest BCUT2D eigenvalue weighted by atomic mass is 10.2. The smallest absolute Gasteiger partial charge is 0.331 e. The highest BCUT2D eigenvalue weighted by molar-refractivity contribution is 7.10. The number of thiazole rings is 1. The van der Waals surface area contributed by atoms with E-state index in [-0.39, 0.29) is 12.3 Å². The zero-order chi connectivity index (χ0) is 19.1. The Bertz CT molecular complexity index is 952. The van der Waals surface area contributed by atoms with Gasteiger partial charge in [-0.1, -0.05) is 18.2 Å². The first-order valence-electron chi connectivity index (χ1n) is 7.85. The minimum atomic E-state index is -0.478. The van der Waals surface area contributed by atoms with Gasteiger partial charge in [0.2, 0.25) is 0 Å². The van der Waals surface area contributed by atoms with Gasteiger partial charge in [0.1, 0.15) is 18.1 Å². The molecule has 8 heteroatoms. The number of rotatable bonds is 7. The summed E-state index contributed by atoms with van der Waals surface area (Å²) in [6.45, 7) is 0.128. The van der Waals surface area contributed by atoms with E-state index < -0.39 is 10.9 Å². The standard InChI is InChI=1S/C19H14N2O5S/c22-19(9-8-18-11-20-13-27-18)25-12-14-4-6-16(7-5-14)26-17-3-1-2-15(10-17)21(23)24/h1-11,13H,12H2/b9-8+. The van der Waals surface area contributed by atoms with Crippen LogP contribution in [-0.4, -0.2) is 15.9 Å². The van der Waals surface area contributed by atoms with Gasteiger partial charge in [0.25, 0.3) is 5.69 Å². The van der Waals surface area contributed by atoms with Crippen LogP contribution < -0.4 is 4.74 Å². The Morgan fingerprint density at radius 3 is 2.70 bits per heavy atom. The number of benzene rings is 2. The number of esters is 1. The summed E-state index contributed by atoms with van der Waals surface area (Å²) in [4.78, 5) is 26.8. The van der Waals surface area contributed by atoms with E-state index in [0.29, 0.717) is 11.5 Å². The Labute approximate surface area is 158 Å². The minimum Gasteiger partial charge on any atom is -0.458 e. The first kappa shape index (κ1) is 18.3. The van der Waals surface area contributed by atoms with Crippen LogP contribution >= 0.6 is 11.3 Å². The summed E-state index contributed by atoms with van der Waals surface area (Å²) in [5.74, 6) is 0.451. The zero-order valence-corrected chi connectivity index (χ0v) is 14.8. The van der Waals surface area contributed by atoms with Crippen molar-refractivity contribution in [1.29, 1.82) is 0 Å². The molecule has 1 aromatic heterocycles. The summed E-state index contributed by atoms with van der Waals surface area (Å²) in [6, 6.07) is 12.9. The number of carbonyl (C=O) groups is 1. The van der Waals surface area contributed by atoms with E-state index >= 15 is 0 Å². The average molecular weight is 382 g/mol. The van der Waals surface area contributed by atoms with Crippen LogP contribution in [0.3, 0.4) is 0 Å². The van der Waals surface area contributed by atoms with Gasteiger partial charge in [-0.25, -0.2) is 4.79 Å². The summed E-state index contributed by atoms with van der Waals surface area (Å²) in [7, 11) is 0. The summed E-state index contributed by atoms with van der Waals surface area (Å²) < 4.78 is 10.8. The largest absolute Gasteiger partial charge is 0.458 e. The number of hydrogen-bond acceptors (Lipinski definition) is 7. The molecular weight excluding hydrogens is 368 g/mol. The lowest BCUT2D eigenvalue weighted by molar-refractivity contribution is -0.384. The number of hydrogen-bond donors (Lipinski definition) is 0. The van der Waals surface area contributed by atoms with Crippen molar-refractivity contribution in [2.24, 2.45) is 0 Å². The molecule has 0 aliphatic heterocycles. The summed E-state index contributed by atoms with van der Waals surface area (Å²) >= 11 is 1.43. The Kier molecular flexibility index (Phi) is 5.91. The molecule has 0 radical (unpaired) electrons. The van der Waals surface area contributed by atoms with Crippen molar-refractivity contribution in [3.05, 3.63) is 86.9 Å². The van der Waals surface area contributed by atoms with E-state index in [1.807, 2.05) is 0 Å². The first-order chi connectivity index (χ1) is 13.1. The molecule has 7 nitrogen and oxygen atoms in total. The molecule has 3 aromatic rings. The number of nitro benzene ring substituents is 1. The van der Waals surface area contributed by atoms with Gasteiger partial charge in [0.15, 0.2) is 0 Å². The summed E-state index contributed by atoms with van der Waals surface area (Å²) in [5.41, 5.74) is 2.44. The van der Waals surface area contributed by atoms with E-state index in [4.69, 9.17) is 9.47 Å². The highest BCUT2D eigenvalue weighted by Crippen LogP contribution is 2.25. The molecule has 0 amide bonds. The van der Waals surface area contributed by atoms with Crippen LogP contribution in [-0.2, 0) is 16.1 Å². The monoisotopic (exact) mass is 382 g/mol. The molecule has 0 atom stereocenters. The Balaban J connectivity index is 1.53. The molecule has 136 valence electrons. The van der Waals surface area contributed by atoms with Crippen LogP contribution in [0.15, 0.2) is 66.3 Å². The molecule has 0 bridgehead atoms. The molecule has 27 heavy (non-hydrogen) atoms. The van der Waals surface area contributed by atoms with Gasteiger partial charge in [0, 0.05) is 23.2 Å². The summed E-state index contributed by atoms with van der Waals surface area (Å²) in [6.07, 6.45) is 4.66. The number of aromatic nitrogens is 1. The highest BCUT2D eigenvalue weighted by atomic mass is 32.1. The van der Waals surface area contributed by atoms with Crippen molar-refractivity contribution in [3.63, 3.8) is 0 Å². The van der Waals surface area contributed by atoms with Gasteiger partial charge in [-0.05, 0) is 29.8 Å². The topological polar surface area (TPSA) is 91.6 Å². The van der Waals surface area contributed by atoms with Crippen LogP contribution in [0.4, 0.5) is 5.69 Å². The Morgan fingerprint density at radius 1 is 1.19 bits per heavy atom. The predicted molar refractivity (Wildman–Crippen MR) is 101 cm³/mol. The van der Waals surface area contributed by atoms with Crippen LogP contribution in [0.1, 0.15) is 10.4 Å². The van der Waals surface area contributed by atoms with Gasteiger partial charge in [-0.15, -0.1) is 11.3 Å². The zero-order valence-electron chi connectivity index (χ0n) is 14.0. The molecule has 2 aromatic carbocycles. The van der Waals surface area contributed by atoms with E-state index in [1.165, 1.54) is 29.5 Å². The fourth-order valence-corrected chi connectivity index (χ4v) is 2.62. The number of nitro groups is 1. The quantitative estimate of drug-likeness (QED) is 0.257. The van der Waals surface area contributed by atoms with Crippen molar-refractivity contribution in [2.75, 3.05) is 0 Å². The SMILES string of the molecule is O=C(/C=C/c1cncs1)OCc1ccc(Oc2cccc([N+](=O)[O-])c2)cc1.